The van der Waals surface area contributed by atoms with Gasteiger partial charge in [-0.3, -0.25) is 14.5 Å². The molecule has 2 heterocycles. The van der Waals surface area contributed by atoms with E-state index in [1.54, 1.807) is 7.05 Å². The van der Waals surface area contributed by atoms with Gasteiger partial charge in [-0.25, -0.2) is 0 Å². The maximum Gasteiger partial charge on any atom is 0.310 e. The molecule has 7 nitrogen and oxygen atoms in total. The highest BCUT2D eigenvalue weighted by atomic mass is 16.5. The number of hydrogen-bond donors (Lipinski definition) is 1. The SMILES string of the molecule is CN=C(NCCCc1cnn(C)c1)N1CC(C)C(C(=O)OC)C1. The van der Waals surface area contributed by atoms with Crippen LogP contribution in [0.2, 0.25) is 0 Å². The number of rotatable bonds is 5. The molecule has 0 aliphatic carbocycles. The summed E-state index contributed by atoms with van der Waals surface area (Å²) in [7, 11) is 5.15. The van der Waals surface area contributed by atoms with Crippen molar-refractivity contribution in [2.45, 2.75) is 19.8 Å². The molecule has 0 saturated carbocycles. The zero-order valence-electron chi connectivity index (χ0n) is 14.5. The van der Waals surface area contributed by atoms with Gasteiger partial charge >= 0.3 is 5.97 Å². The van der Waals surface area contributed by atoms with E-state index in [4.69, 9.17) is 4.74 Å². The number of carbonyl (C=O) groups excluding carboxylic acids is 1. The number of aliphatic imine (C=N–C) groups is 1. The maximum atomic E-state index is 11.8. The molecule has 2 unspecified atom stereocenters. The Morgan fingerprint density at radius 3 is 2.91 bits per heavy atom. The summed E-state index contributed by atoms with van der Waals surface area (Å²) in [5.41, 5.74) is 1.24. The fourth-order valence-corrected chi connectivity index (χ4v) is 3.02. The lowest BCUT2D eigenvalue weighted by molar-refractivity contribution is -0.145. The minimum atomic E-state index is -0.132. The lowest BCUT2D eigenvalue weighted by Crippen LogP contribution is -2.41. The lowest BCUT2D eigenvalue weighted by Gasteiger charge is -2.21. The van der Waals surface area contributed by atoms with Gasteiger partial charge in [0.2, 0.25) is 0 Å². The monoisotopic (exact) mass is 321 g/mol. The molecule has 128 valence electrons. The summed E-state index contributed by atoms with van der Waals surface area (Å²) in [4.78, 5) is 18.3. The second-order valence-electron chi connectivity index (χ2n) is 6.11. The van der Waals surface area contributed by atoms with Gasteiger partial charge in [-0.15, -0.1) is 0 Å². The van der Waals surface area contributed by atoms with Gasteiger partial charge in [0.15, 0.2) is 5.96 Å². The third-order valence-electron chi connectivity index (χ3n) is 4.31. The smallest absolute Gasteiger partial charge is 0.310 e. The van der Waals surface area contributed by atoms with Crippen molar-refractivity contribution in [2.24, 2.45) is 23.9 Å². The van der Waals surface area contributed by atoms with E-state index >= 15 is 0 Å². The van der Waals surface area contributed by atoms with Crippen molar-refractivity contribution in [2.75, 3.05) is 33.8 Å². The Bertz CT molecular complexity index is 554. The van der Waals surface area contributed by atoms with Crippen LogP contribution >= 0.6 is 0 Å². The number of ether oxygens (including phenoxy) is 1. The number of aromatic nitrogens is 2. The third-order valence-corrected chi connectivity index (χ3v) is 4.31. The van der Waals surface area contributed by atoms with Crippen molar-refractivity contribution in [3.63, 3.8) is 0 Å². The highest BCUT2D eigenvalue weighted by molar-refractivity contribution is 5.82. The molecule has 1 aliphatic heterocycles. The zero-order valence-corrected chi connectivity index (χ0v) is 14.5. The molecule has 1 aromatic rings. The molecule has 1 aromatic heterocycles. The van der Waals surface area contributed by atoms with Crippen molar-refractivity contribution in [3.05, 3.63) is 18.0 Å². The fourth-order valence-electron chi connectivity index (χ4n) is 3.02. The normalized spacial score (nSPS) is 21.6. The zero-order chi connectivity index (χ0) is 16.8. The maximum absolute atomic E-state index is 11.8. The first-order chi connectivity index (χ1) is 11.0. The molecule has 1 fully saturated rings. The number of hydrogen-bond acceptors (Lipinski definition) is 4. The molecule has 7 heteroatoms. The van der Waals surface area contributed by atoms with Gasteiger partial charge < -0.3 is 15.0 Å². The van der Waals surface area contributed by atoms with E-state index in [1.165, 1.54) is 12.7 Å². The van der Waals surface area contributed by atoms with Gasteiger partial charge in [0.05, 0.1) is 19.2 Å². The van der Waals surface area contributed by atoms with E-state index in [0.29, 0.717) is 6.54 Å². The molecule has 1 aliphatic rings. The number of nitrogens with one attached hydrogen (secondary N) is 1. The first-order valence-corrected chi connectivity index (χ1v) is 8.06. The Morgan fingerprint density at radius 2 is 2.30 bits per heavy atom. The van der Waals surface area contributed by atoms with E-state index < -0.39 is 0 Å². The molecule has 1 N–H and O–H groups in total. The van der Waals surface area contributed by atoms with Gasteiger partial charge in [-0.1, -0.05) is 6.92 Å². The van der Waals surface area contributed by atoms with Crippen LogP contribution in [0.1, 0.15) is 18.9 Å². The molecular formula is C16H27N5O2. The predicted octanol–water partition coefficient (Wildman–Crippen LogP) is 0.669. The second kappa shape index (κ2) is 7.99. The Balaban J connectivity index is 1.78. The first-order valence-electron chi connectivity index (χ1n) is 8.06. The predicted molar refractivity (Wildman–Crippen MR) is 89.1 cm³/mol. The first kappa shape index (κ1) is 17.3. The van der Waals surface area contributed by atoms with E-state index in [9.17, 15) is 4.79 Å². The van der Waals surface area contributed by atoms with Crippen molar-refractivity contribution in [3.8, 4) is 0 Å². The minimum Gasteiger partial charge on any atom is -0.469 e. The average molecular weight is 321 g/mol. The van der Waals surface area contributed by atoms with Gasteiger partial charge in [-0.2, -0.15) is 5.10 Å². The summed E-state index contributed by atoms with van der Waals surface area (Å²) in [5.74, 6) is 0.923. The molecule has 0 amide bonds. The van der Waals surface area contributed by atoms with Crippen molar-refractivity contribution in [1.29, 1.82) is 0 Å². The van der Waals surface area contributed by atoms with E-state index in [0.717, 1.165) is 31.9 Å². The highest BCUT2D eigenvalue weighted by Gasteiger charge is 2.36. The van der Waals surface area contributed by atoms with Crippen LogP contribution in [0.15, 0.2) is 17.4 Å². The largest absolute Gasteiger partial charge is 0.469 e. The standard InChI is InChI=1S/C16H27N5O2/c1-12-9-21(11-14(12)15(22)23-4)16(17-2)18-7-5-6-13-8-19-20(3)10-13/h8,10,12,14H,5-7,9,11H2,1-4H3,(H,17,18). The van der Waals surface area contributed by atoms with Crippen LogP contribution in [0, 0.1) is 11.8 Å². The quantitative estimate of drug-likeness (QED) is 0.373. The summed E-state index contributed by atoms with van der Waals surface area (Å²) in [6, 6.07) is 0. The average Bonchev–Trinajstić information content (AvgIpc) is 3.12. The topological polar surface area (TPSA) is 71.8 Å². The van der Waals surface area contributed by atoms with Crippen LogP contribution in [0.4, 0.5) is 0 Å². The Hall–Kier alpha value is -2.05. The van der Waals surface area contributed by atoms with E-state index in [2.05, 4.69) is 27.2 Å². The number of likely N-dealkylation sites (tertiary alicyclic amines) is 1. The fraction of sp³-hybridized carbons (Fsp3) is 0.688. The van der Waals surface area contributed by atoms with Crippen LogP contribution in [-0.2, 0) is 23.0 Å². The second-order valence-corrected chi connectivity index (χ2v) is 6.11. The number of methoxy groups -OCH3 is 1. The number of nitrogens with zero attached hydrogens (tertiary/aromatic N) is 4. The molecule has 1 saturated heterocycles. The van der Waals surface area contributed by atoms with Crippen molar-refractivity contribution >= 4 is 11.9 Å². The lowest BCUT2D eigenvalue weighted by atomic mass is 9.99. The third kappa shape index (κ3) is 4.46. The van der Waals surface area contributed by atoms with Crippen LogP contribution in [0.3, 0.4) is 0 Å². The van der Waals surface area contributed by atoms with Gasteiger partial charge in [0.1, 0.15) is 0 Å². The van der Waals surface area contributed by atoms with Gasteiger partial charge in [0.25, 0.3) is 0 Å². The molecule has 2 rings (SSSR count). The van der Waals surface area contributed by atoms with Crippen molar-refractivity contribution < 1.29 is 9.53 Å². The van der Waals surface area contributed by atoms with Crippen molar-refractivity contribution in [1.82, 2.24) is 20.0 Å². The number of aryl methyl sites for hydroxylation is 2. The number of guanidine groups is 1. The Labute approximate surface area is 137 Å². The molecular weight excluding hydrogens is 294 g/mol. The Kier molecular flexibility index (Phi) is 6.01. The Morgan fingerprint density at radius 1 is 1.52 bits per heavy atom. The minimum absolute atomic E-state index is 0.0751. The molecule has 0 aromatic carbocycles. The molecule has 0 radical (unpaired) electrons. The summed E-state index contributed by atoms with van der Waals surface area (Å²) < 4.78 is 6.70. The van der Waals surface area contributed by atoms with Crippen LogP contribution in [-0.4, -0.2) is 60.4 Å². The van der Waals surface area contributed by atoms with Crippen LogP contribution in [0.5, 0.6) is 0 Å². The summed E-state index contributed by atoms with van der Waals surface area (Å²) in [6.07, 6.45) is 5.93. The summed E-state index contributed by atoms with van der Waals surface area (Å²) >= 11 is 0. The summed E-state index contributed by atoms with van der Waals surface area (Å²) in [6.45, 7) is 4.41. The van der Waals surface area contributed by atoms with Gasteiger partial charge in [0, 0.05) is 39.9 Å². The van der Waals surface area contributed by atoms with E-state index in [-0.39, 0.29) is 17.8 Å². The number of esters is 1. The van der Waals surface area contributed by atoms with Crippen LogP contribution < -0.4 is 5.32 Å². The number of carbonyl (C=O) groups is 1. The van der Waals surface area contributed by atoms with E-state index in [1.807, 2.05) is 24.1 Å². The molecule has 0 bridgehead atoms. The highest BCUT2D eigenvalue weighted by Crippen LogP contribution is 2.24. The van der Waals surface area contributed by atoms with Gasteiger partial charge in [-0.05, 0) is 24.3 Å². The van der Waals surface area contributed by atoms with Crippen LogP contribution in [0.25, 0.3) is 0 Å². The molecule has 0 spiro atoms. The molecule has 2 atom stereocenters. The molecule has 23 heavy (non-hydrogen) atoms. The summed E-state index contributed by atoms with van der Waals surface area (Å²) in [5, 5.41) is 7.55.